The van der Waals surface area contributed by atoms with E-state index in [4.69, 9.17) is 4.74 Å². The molecule has 0 unspecified atom stereocenters. The summed E-state index contributed by atoms with van der Waals surface area (Å²) in [5.74, 6) is 0. The summed E-state index contributed by atoms with van der Waals surface area (Å²) in [6, 6.07) is 7.99. The van der Waals surface area contributed by atoms with E-state index in [0.717, 1.165) is 42.3 Å². The molecule has 7 heteroatoms. The minimum Gasteiger partial charge on any atom is -0.369 e. The molecule has 1 N–H and O–H groups in total. The Bertz CT molecular complexity index is 756. The van der Waals surface area contributed by atoms with Gasteiger partial charge in [0.15, 0.2) is 0 Å². The van der Waals surface area contributed by atoms with Crippen molar-refractivity contribution in [2.75, 3.05) is 6.54 Å². The molecule has 1 aliphatic rings. The number of ether oxygens (including phenoxy) is 1. The molecule has 6 nitrogen and oxygen atoms in total. The average Bonchev–Trinajstić information content (AvgIpc) is 3.24. The lowest BCUT2D eigenvalue weighted by Gasteiger charge is -2.24. The predicted molar refractivity (Wildman–Crippen MR) is 87.9 cm³/mol. The maximum Gasteiger partial charge on any atom is 0.119 e. The number of thiophene rings is 1. The second kappa shape index (κ2) is 6.57. The fourth-order valence-electron chi connectivity index (χ4n) is 2.68. The Hall–Kier alpha value is -2.09. The molecular weight excluding hydrogens is 310 g/mol. The first-order valence-corrected chi connectivity index (χ1v) is 8.51. The lowest BCUT2D eigenvalue weighted by Crippen LogP contribution is -2.36. The standard InChI is InChI=1S/C16H17N5OS/c1-2-5-18-13(3-1)7-17-8-14-9-21-15(10-22-14)16(19-20-21)12-4-6-23-11-12/h1-6,11,14,17H,7-10H2/t14-/m1/s1. The minimum atomic E-state index is 0.100. The fourth-order valence-corrected chi connectivity index (χ4v) is 3.32. The van der Waals surface area contributed by atoms with Crippen LogP contribution in [0.2, 0.25) is 0 Å². The van der Waals surface area contributed by atoms with E-state index in [0.29, 0.717) is 6.61 Å². The summed E-state index contributed by atoms with van der Waals surface area (Å²) in [6.45, 7) is 2.78. The second-order valence-corrected chi connectivity index (χ2v) is 6.24. The van der Waals surface area contributed by atoms with Gasteiger partial charge in [0.2, 0.25) is 0 Å². The van der Waals surface area contributed by atoms with Crippen LogP contribution in [-0.4, -0.2) is 32.6 Å². The highest BCUT2D eigenvalue weighted by Gasteiger charge is 2.24. The fraction of sp³-hybridized carbons (Fsp3) is 0.312. The average molecular weight is 327 g/mol. The van der Waals surface area contributed by atoms with Crippen LogP contribution in [0.1, 0.15) is 11.4 Å². The first-order valence-electron chi connectivity index (χ1n) is 7.57. The van der Waals surface area contributed by atoms with E-state index in [-0.39, 0.29) is 6.10 Å². The van der Waals surface area contributed by atoms with Crippen molar-refractivity contribution in [3.63, 3.8) is 0 Å². The van der Waals surface area contributed by atoms with Crippen LogP contribution in [0.4, 0.5) is 0 Å². The SMILES string of the molecule is c1ccc(CNC[C@@H]2Cn3nnc(-c4ccsc4)c3CO2)nc1. The Labute approximate surface area is 138 Å². The van der Waals surface area contributed by atoms with Crippen molar-refractivity contribution in [3.05, 3.63) is 52.6 Å². The highest BCUT2D eigenvalue weighted by Crippen LogP contribution is 2.26. The third-order valence-electron chi connectivity index (χ3n) is 3.87. The molecule has 0 bridgehead atoms. The van der Waals surface area contributed by atoms with Crippen LogP contribution < -0.4 is 5.32 Å². The summed E-state index contributed by atoms with van der Waals surface area (Å²) in [7, 11) is 0. The molecule has 1 atom stereocenters. The molecule has 0 fully saturated rings. The van der Waals surface area contributed by atoms with Gasteiger partial charge in [-0.15, -0.1) is 5.10 Å². The van der Waals surface area contributed by atoms with Crippen molar-refractivity contribution in [1.82, 2.24) is 25.3 Å². The van der Waals surface area contributed by atoms with Crippen LogP contribution >= 0.6 is 11.3 Å². The first-order chi connectivity index (χ1) is 11.4. The van der Waals surface area contributed by atoms with Crippen molar-refractivity contribution >= 4 is 11.3 Å². The third-order valence-corrected chi connectivity index (χ3v) is 4.55. The van der Waals surface area contributed by atoms with Crippen molar-refractivity contribution in [1.29, 1.82) is 0 Å². The molecule has 0 aromatic carbocycles. The molecule has 0 saturated heterocycles. The van der Waals surface area contributed by atoms with Gasteiger partial charge in [-0.1, -0.05) is 11.3 Å². The summed E-state index contributed by atoms with van der Waals surface area (Å²) >= 11 is 1.66. The molecule has 4 rings (SSSR count). The van der Waals surface area contributed by atoms with Crippen LogP contribution in [0, 0.1) is 0 Å². The van der Waals surface area contributed by atoms with Gasteiger partial charge < -0.3 is 10.1 Å². The highest BCUT2D eigenvalue weighted by molar-refractivity contribution is 7.08. The smallest absolute Gasteiger partial charge is 0.119 e. The van der Waals surface area contributed by atoms with Gasteiger partial charge in [-0.3, -0.25) is 4.98 Å². The largest absolute Gasteiger partial charge is 0.369 e. The van der Waals surface area contributed by atoms with Crippen LogP contribution in [-0.2, 0) is 24.4 Å². The van der Waals surface area contributed by atoms with E-state index in [2.05, 4.69) is 37.4 Å². The van der Waals surface area contributed by atoms with Gasteiger partial charge in [-0.05, 0) is 23.6 Å². The number of rotatable bonds is 5. The van der Waals surface area contributed by atoms with E-state index in [9.17, 15) is 0 Å². The van der Waals surface area contributed by atoms with Gasteiger partial charge in [0, 0.05) is 30.2 Å². The minimum absolute atomic E-state index is 0.100. The van der Waals surface area contributed by atoms with Gasteiger partial charge in [0.05, 0.1) is 30.6 Å². The molecule has 0 spiro atoms. The number of hydrogen-bond donors (Lipinski definition) is 1. The first kappa shape index (κ1) is 14.5. The zero-order chi connectivity index (χ0) is 15.5. The Morgan fingerprint density at radius 3 is 3.17 bits per heavy atom. The number of aromatic nitrogens is 4. The van der Waals surface area contributed by atoms with Gasteiger partial charge in [0.1, 0.15) is 5.69 Å². The zero-order valence-electron chi connectivity index (χ0n) is 12.6. The molecule has 1 aliphatic heterocycles. The molecule has 4 heterocycles. The Morgan fingerprint density at radius 2 is 2.35 bits per heavy atom. The van der Waals surface area contributed by atoms with Crippen LogP contribution in [0.15, 0.2) is 41.2 Å². The molecule has 0 aliphatic carbocycles. The van der Waals surface area contributed by atoms with Crippen LogP contribution in [0.25, 0.3) is 11.3 Å². The van der Waals surface area contributed by atoms with Gasteiger partial charge in [-0.25, -0.2) is 4.68 Å². The maximum atomic E-state index is 5.96. The number of hydrogen-bond acceptors (Lipinski definition) is 6. The van der Waals surface area contributed by atoms with Crippen LogP contribution in [0.3, 0.4) is 0 Å². The Kier molecular flexibility index (Phi) is 4.14. The van der Waals surface area contributed by atoms with Crippen molar-refractivity contribution < 1.29 is 4.74 Å². The summed E-state index contributed by atoms with van der Waals surface area (Å²) in [5, 5.41) is 16.1. The summed E-state index contributed by atoms with van der Waals surface area (Å²) in [6.07, 6.45) is 1.91. The van der Waals surface area contributed by atoms with E-state index in [1.807, 2.05) is 29.1 Å². The monoisotopic (exact) mass is 327 g/mol. The van der Waals surface area contributed by atoms with Gasteiger partial charge in [0.25, 0.3) is 0 Å². The van der Waals surface area contributed by atoms with Crippen LogP contribution in [0.5, 0.6) is 0 Å². The number of nitrogens with one attached hydrogen (secondary N) is 1. The van der Waals surface area contributed by atoms with E-state index in [1.54, 1.807) is 11.3 Å². The Morgan fingerprint density at radius 1 is 1.35 bits per heavy atom. The highest BCUT2D eigenvalue weighted by atomic mass is 32.1. The summed E-state index contributed by atoms with van der Waals surface area (Å²) in [4.78, 5) is 4.30. The van der Waals surface area contributed by atoms with Gasteiger partial charge in [-0.2, -0.15) is 11.3 Å². The Balaban J connectivity index is 1.36. The van der Waals surface area contributed by atoms with E-state index >= 15 is 0 Å². The topological polar surface area (TPSA) is 64.9 Å². The second-order valence-electron chi connectivity index (χ2n) is 5.46. The third kappa shape index (κ3) is 3.17. The summed E-state index contributed by atoms with van der Waals surface area (Å²) < 4.78 is 7.92. The zero-order valence-corrected chi connectivity index (χ0v) is 13.4. The molecule has 3 aromatic heterocycles. The number of pyridine rings is 1. The number of nitrogens with zero attached hydrogens (tertiary/aromatic N) is 4. The lowest BCUT2D eigenvalue weighted by atomic mass is 10.2. The molecule has 0 radical (unpaired) electrons. The predicted octanol–water partition coefficient (Wildman–Crippen LogP) is 2.09. The molecule has 0 amide bonds. The summed E-state index contributed by atoms with van der Waals surface area (Å²) in [5.41, 5.74) is 4.14. The number of fused-ring (bicyclic) bond motifs is 1. The van der Waals surface area contributed by atoms with Crippen molar-refractivity contribution in [3.8, 4) is 11.3 Å². The molecule has 23 heavy (non-hydrogen) atoms. The van der Waals surface area contributed by atoms with E-state index < -0.39 is 0 Å². The molecule has 118 valence electrons. The molecular formula is C16H17N5OS. The molecule has 3 aromatic rings. The normalized spacial score (nSPS) is 17.1. The van der Waals surface area contributed by atoms with Gasteiger partial charge >= 0.3 is 0 Å². The maximum absolute atomic E-state index is 5.96. The molecule has 0 saturated carbocycles. The van der Waals surface area contributed by atoms with Crippen molar-refractivity contribution in [2.45, 2.75) is 25.8 Å². The van der Waals surface area contributed by atoms with E-state index in [1.165, 1.54) is 0 Å². The van der Waals surface area contributed by atoms with Crippen molar-refractivity contribution in [2.24, 2.45) is 0 Å². The lowest BCUT2D eigenvalue weighted by molar-refractivity contribution is 0.00122. The quantitative estimate of drug-likeness (QED) is 0.777.